The summed E-state index contributed by atoms with van der Waals surface area (Å²) in [5, 5.41) is 10.3. The molecule has 1 atom stereocenters. The van der Waals surface area contributed by atoms with Crippen LogP contribution in [0.1, 0.15) is 90.3 Å². The van der Waals surface area contributed by atoms with E-state index in [1.54, 1.807) is 0 Å². The molecule has 8 heteroatoms. The number of likely N-dealkylation sites (tertiary alicyclic amines) is 1. The maximum atomic E-state index is 12.3. The number of rotatable bonds is 8. The predicted molar refractivity (Wildman–Crippen MR) is 118 cm³/mol. The molecule has 31 heavy (non-hydrogen) atoms. The number of carbonyl (C=O) groups is 2. The number of piperidine rings is 1. The second kappa shape index (κ2) is 11.1. The van der Waals surface area contributed by atoms with Gasteiger partial charge in [-0.15, -0.1) is 0 Å². The molecular weight excluding hydrogens is 394 g/mol. The van der Waals surface area contributed by atoms with Gasteiger partial charge in [-0.3, -0.25) is 14.5 Å². The van der Waals surface area contributed by atoms with Crippen molar-refractivity contribution in [1.29, 1.82) is 0 Å². The second-order valence-corrected chi connectivity index (χ2v) is 9.56. The van der Waals surface area contributed by atoms with E-state index < -0.39 is 5.54 Å². The first-order valence-corrected chi connectivity index (χ1v) is 12.0. The Labute approximate surface area is 185 Å². The molecule has 2 N–H and O–H groups in total. The SMILES string of the molecule is CC(=O)NC1(c2noc(CCC(=O)NCC(C)N3CCC(C)CC3)n2)CCCCCC1. The summed E-state index contributed by atoms with van der Waals surface area (Å²) >= 11 is 0. The molecule has 8 nitrogen and oxygen atoms in total. The normalized spacial score (nSPS) is 21.3. The van der Waals surface area contributed by atoms with Crippen LogP contribution < -0.4 is 10.6 Å². The van der Waals surface area contributed by atoms with Crippen molar-refractivity contribution in [1.82, 2.24) is 25.7 Å². The molecule has 0 spiro atoms. The lowest BCUT2D eigenvalue weighted by Gasteiger charge is -2.35. The molecule has 3 rings (SSSR count). The van der Waals surface area contributed by atoms with E-state index in [9.17, 15) is 9.59 Å². The summed E-state index contributed by atoms with van der Waals surface area (Å²) in [6, 6.07) is 0.346. The summed E-state index contributed by atoms with van der Waals surface area (Å²) in [6.45, 7) is 8.89. The summed E-state index contributed by atoms with van der Waals surface area (Å²) in [4.78, 5) is 31.2. The zero-order valence-electron chi connectivity index (χ0n) is 19.4. The van der Waals surface area contributed by atoms with Crippen LogP contribution in [-0.4, -0.2) is 52.5 Å². The lowest BCUT2D eigenvalue weighted by atomic mass is 9.89. The standard InChI is InChI=1S/C23H39N5O3/c1-17-10-14-28(15-11-17)18(2)16-24-20(30)8-9-21-25-22(27-31-21)23(26-19(3)29)12-6-4-5-7-13-23/h17-18H,4-16H2,1-3H3,(H,24,30)(H,26,29). The van der Waals surface area contributed by atoms with Crippen LogP contribution in [0.3, 0.4) is 0 Å². The van der Waals surface area contributed by atoms with Crippen molar-refractivity contribution in [3.63, 3.8) is 0 Å². The molecule has 1 unspecified atom stereocenters. The molecule has 1 aliphatic carbocycles. The van der Waals surface area contributed by atoms with E-state index in [0.29, 0.717) is 37.1 Å². The van der Waals surface area contributed by atoms with Crippen LogP contribution in [0, 0.1) is 5.92 Å². The first-order chi connectivity index (χ1) is 14.9. The Morgan fingerprint density at radius 1 is 1.19 bits per heavy atom. The summed E-state index contributed by atoms with van der Waals surface area (Å²) in [5.74, 6) is 1.73. The third-order valence-corrected chi connectivity index (χ3v) is 6.87. The fourth-order valence-electron chi connectivity index (χ4n) is 4.79. The fourth-order valence-corrected chi connectivity index (χ4v) is 4.79. The van der Waals surface area contributed by atoms with Gasteiger partial charge in [-0.05, 0) is 51.6 Å². The molecule has 2 heterocycles. The van der Waals surface area contributed by atoms with Crippen molar-refractivity contribution in [3.05, 3.63) is 11.7 Å². The van der Waals surface area contributed by atoms with Gasteiger partial charge in [0.25, 0.3) is 0 Å². The zero-order chi connectivity index (χ0) is 22.3. The number of amides is 2. The van der Waals surface area contributed by atoms with Crippen molar-refractivity contribution in [3.8, 4) is 0 Å². The highest BCUT2D eigenvalue weighted by molar-refractivity contribution is 5.76. The Kier molecular flexibility index (Phi) is 8.46. The Morgan fingerprint density at radius 2 is 1.87 bits per heavy atom. The van der Waals surface area contributed by atoms with Crippen LogP contribution >= 0.6 is 0 Å². The van der Waals surface area contributed by atoms with E-state index in [1.165, 1.54) is 19.8 Å². The monoisotopic (exact) mass is 433 g/mol. The highest BCUT2D eigenvalue weighted by atomic mass is 16.5. The van der Waals surface area contributed by atoms with Crippen molar-refractivity contribution < 1.29 is 14.1 Å². The molecule has 2 amide bonds. The minimum atomic E-state index is -0.548. The van der Waals surface area contributed by atoms with Gasteiger partial charge in [0.05, 0.1) is 0 Å². The van der Waals surface area contributed by atoms with Crippen molar-refractivity contribution >= 4 is 11.8 Å². The molecule has 0 bridgehead atoms. The predicted octanol–water partition coefficient (Wildman–Crippen LogP) is 2.92. The molecule has 1 aromatic heterocycles. The average Bonchev–Trinajstić information content (AvgIpc) is 3.11. The highest BCUT2D eigenvalue weighted by Crippen LogP contribution is 2.34. The van der Waals surface area contributed by atoms with Crippen molar-refractivity contribution in [2.75, 3.05) is 19.6 Å². The van der Waals surface area contributed by atoms with Crippen LogP contribution in [-0.2, 0) is 21.5 Å². The zero-order valence-corrected chi connectivity index (χ0v) is 19.4. The molecule has 2 fully saturated rings. The first kappa shape index (κ1) is 23.7. The average molecular weight is 434 g/mol. The van der Waals surface area contributed by atoms with Crippen molar-refractivity contribution in [2.45, 2.75) is 96.6 Å². The van der Waals surface area contributed by atoms with Gasteiger partial charge in [-0.1, -0.05) is 37.8 Å². The lowest BCUT2D eigenvalue weighted by Crippen LogP contribution is -2.45. The number of nitrogens with zero attached hydrogens (tertiary/aromatic N) is 3. The number of carbonyl (C=O) groups excluding carboxylic acids is 2. The number of hydrogen-bond donors (Lipinski definition) is 2. The van der Waals surface area contributed by atoms with Gasteiger partial charge in [0.2, 0.25) is 17.7 Å². The molecular formula is C23H39N5O3. The lowest BCUT2D eigenvalue weighted by molar-refractivity contribution is -0.122. The number of nitrogens with one attached hydrogen (secondary N) is 2. The molecule has 1 aromatic rings. The molecule has 1 saturated heterocycles. The maximum absolute atomic E-state index is 12.3. The van der Waals surface area contributed by atoms with E-state index in [0.717, 1.165) is 57.5 Å². The molecule has 0 aromatic carbocycles. The smallest absolute Gasteiger partial charge is 0.227 e. The fraction of sp³-hybridized carbons (Fsp3) is 0.826. The highest BCUT2D eigenvalue weighted by Gasteiger charge is 2.38. The minimum Gasteiger partial charge on any atom is -0.355 e. The largest absolute Gasteiger partial charge is 0.355 e. The maximum Gasteiger partial charge on any atom is 0.227 e. The summed E-state index contributed by atoms with van der Waals surface area (Å²) in [5.41, 5.74) is -0.548. The van der Waals surface area contributed by atoms with Gasteiger partial charge < -0.3 is 15.2 Å². The van der Waals surface area contributed by atoms with Gasteiger partial charge in [0.15, 0.2) is 5.82 Å². The summed E-state index contributed by atoms with van der Waals surface area (Å²) in [6.07, 6.45) is 9.20. The van der Waals surface area contributed by atoms with E-state index >= 15 is 0 Å². The van der Waals surface area contributed by atoms with Crippen LogP contribution in [0.4, 0.5) is 0 Å². The first-order valence-electron chi connectivity index (χ1n) is 12.0. The van der Waals surface area contributed by atoms with Crippen molar-refractivity contribution in [2.24, 2.45) is 5.92 Å². The molecule has 2 aliphatic rings. The minimum absolute atomic E-state index is 0.00279. The Balaban J connectivity index is 1.48. The van der Waals surface area contributed by atoms with E-state index in [4.69, 9.17) is 4.52 Å². The van der Waals surface area contributed by atoms with E-state index in [1.807, 2.05) is 0 Å². The molecule has 1 aliphatic heterocycles. The van der Waals surface area contributed by atoms with Gasteiger partial charge in [-0.25, -0.2) is 0 Å². The van der Waals surface area contributed by atoms with E-state index in [-0.39, 0.29) is 11.8 Å². The Bertz CT molecular complexity index is 719. The Hall–Kier alpha value is -1.96. The van der Waals surface area contributed by atoms with Gasteiger partial charge in [0, 0.05) is 32.4 Å². The molecule has 0 radical (unpaired) electrons. The number of hydrogen-bond acceptors (Lipinski definition) is 6. The molecule has 174 valence electrons. The van der Waals surface area contributed by atoms with Gasteiger partial charge in [0.1, 0.15) is 5.54 Å². The quantitative estimate of drug-likeness (QED) is 0.612. The van der Waals surface area contributed by atoms with E-state index in [2.05, 4.69) is 39.5 Å². The van der Waals surface area contributed by atoms with Gasteiger partial charge in [-0.2, -0.15) is 4.98 Å². The molecule has 1 saturated carbocycles. The van der Waals surface area contributed by atoms with Crippen LogP contribution in [0.15, 0.2) is 4.52 Å². The topological polar surface area (TPSA) is 100 Å². The number of aryl methyl sites for hydroxylation is 1. The third-order valence-electron chi connectivity index (χ3n) is 6.87. The Morgan fingerprint density at radius 3 is 2.52 bits per heavy atom. The summed E-state index contributed by atoms with van der Waals surface area (Å²) in [7, 11) is 0. The van der Waals surface area contributed by atoms with Crippen LogP contribution in [0.2, 0.25) is 0 Å². The summed E-state index contributed by atoms with van der Waals surface area (Å²) < 4.78 is 5.45. The third kappa shape index (κ3) is 6.76. The van der Waals surface area contributed by atoms with Crippen LogP contribution in [0.25, 0.3) is 0 Å². The number of aromatic nitrogens is 2. The second-order valence-electron chi connectivity index (χ2n) is 9.56. The van der Waals surface area contributed by atoms with Crippen LogP contribution in [0.5, 0.6) is 0 Å². The van der Waals surface area contributed by atoms with Gasteiger partial charge >= 0.3 is 0 Å².